The summed E-state index contributed by atoms with van der Waals surface area (Å²) >= 11 is 0. The molecule has 0 saturated heterocycles. The Labute approximate surface area is 136 Å². The van der Waals surface area contributed by atoms with Crippen LogP contribution in [0.15, 0.2) is 36.7 Å². The van der Waals surface area contributed by atoms with Crippen molar-refractivity contribution in [3.8, 4) is 5.69 Å². The molecule has 1 amide bonds. The highest BCUT2D eigenvalue weighted by Crippen LogP contribution is 2.17. The average molecular weight is 313 g/mol. The van der Waals surface area contributed by atoms with Crippen molar-refractivity contribution in [1.29, 1.82) is 0 Å². The molecule has 2 N–H and O–H groups in total. The number of carbonyl (C=O) groups excluding carboxylic acids is 1. The van der Waals surface area contributed by atoms with Crippen molar-refractivity contribution in [1.82, 2.24) is 20.3 Å². The summed E-state index contributed by atoms with van der Waals surface area (Å²) < 4.78 is 0. The molecule has 0 unspecified atom stereocenters. The summed E-state index contributed by atoms with van der Waals surface area (Å²) in [5, 5.41) is 14.5. The van der Waals surface area contributed by atoms with Crippen LogP contribution < -0.4 is 10.6 Å². The highest BCUT2D eigenvalue weighted by Gasteiger charge is 2.14. The monoisotopic (exact) mass is 313 g/mol. The van der Waals surface area contributed by atoms with Crippen LogP contribution in [0.4, 0.5) is 5.69 Å². The number of aromatic nitrogens is 3. The van der Waals surface area contributed by atoms with Crippen molar-refractivity contribution in [2.45, 2.75) is 44.6 Å². The van der Waals surface area contributed by atoms with Gasteiger partial charge in [0.25, 0.3) is 0 Å². The zero-order chi connectivity index (χ0) is 15.9. The average Bonchev–Trinajstić information content (AvgIpc) is 2.99. The molecule has 6 heteroatoms. The summed E-state index contributed by atoms with van der Waals surface area (Å²) in [6, 6.07) is 8.05. The summed E-state index contributed by atoms with van der Waals surface area (Å²) in [4.78, 5) is 13.6. The molecule has 0 aliphatic heterocycles. The van der Waals surface area contributed by atoms with Crippen molar-refractivity contribution in [3.63, 3.8) is 0 Å². The van der Waals surface area contributed by atoms with E-state index in [0.29, 0.717) is 12.6 Å². The van der Waals surface area contributed by atoms with E-state index in [0.717, 1.165) is 24.2 Å². The van der Waals surface area contributed by atoms with Crippen LogP contribution in [0.3, 0.4) is 0 Å². The number of hydrogen-bond donors (Lipinski definition) is 2. The highest BCUT2D eigenvalue weighted by atomic mass is 16.1. The predicted octanol–water partition coefficient (Wildman–Crippen LogP) is 2.52. The second-order valence-electron chi connectivity index (χ2n) is 5.97. The second kappa shape index (κ2) is 7.76. The molecular formula is C17H23N5O. The van der Waals surface area contributed by atoms with Gasteiger partial charge >= 0.3 is 0 Å². The fraction of sp³-hybridized carbons (Fsp3) is 0.471. The number of nitrogens with zero attached hydrogens (tertiary/aromatic N) is 3. The fourth-order valence-electron chi connectivity index (χ4n) is 2.95. The molecule has 1 aromatic carbocycles. The first-order chi connectivity index (χ1) is 11.3. The van der Waals surface area contributed by atoms with Crippen LogP contribution in [0.2, 0.25) is 0 Å². The van der Waals surface area contributed by atoms with E-state index >= 15 is 0 Å². The lowest BCUT2D eigenvalue weighted by Gasteiger charge is -2.16. The zero-order valence-electron chi connectivity index (χ0n) is 13.2. The smallest absolute Gasteiger partial charge is 0.239 e. The summed E-state index contributed by atoms with van der Waals surface area (Å²) in [7, 11) is 0. The molecule has 1 aliphatic rings. The minimum absolute atomic E-state index is 0.0646. The molecule has 0 radical (unpaired) electrons. The molecule has 0 atom stereocenters. The van der Waals surface area contributed by atoms with Gasteiger partial charge in [0.2, 0.25) is 5.91 Å². The summed E-state index contributed by atoms with van der Waals surface area (Å²) in [6.45, 7) is 0.301. The zero-order valence-corrected chi connectivity index (χ0v) is 13.2. The van der Waals surface area contributed by atoms with E-state index in [1.54, 1.807) is 17.2 Å². The molecule has 1 fully saturated rings. The van der Waals surface area contributed by atoms with E-state index in [1.165, 1.54) is 25.7 Å². The van der Waals surface area contributed by atoms with Gasteiger partial charge in [-0.2, -0.15) is 15.0 Å². The van der Waals surface area contributed by atoms with E-state index in [4.69, 9.17) is 0 Å². The predicted molar refractivity (Wildman–Crippen MR) is 89.5 cm³/mol. The number of hydrogen-bond acceptors (Lipinski definition) is 4. The first-order valence-corrected chi connectivity index (χ1v) is 8.31. The standard InChI is InChI=1S/C17H23N5O/c23-17(21-15-5-3-1-2-4-6-15)13-18-14-7-9-16(10-8-14)22-19-11-12-20-22/h7-12,15,18H,1-6,13H2,(H,21,23). The molecule has 1 aromatic heterocycles. The van der Waals surface area contributed by atoms with Crippen molar-refractivity contribution >= 4 is 11.6 Å². The molecular weight excluding hydrogens is 290 g/mol. The normalized spacial score (nSPS) is 15.8. The van der Waals surface area contributed by atoms with Crippen molar-refractivity contribution in [2.75, 3.05) is 11.9 Å². The van der Waals surface area contributed by atoms with E-state index in [2.05, 4.69) is 20.8 Å². The van der Waals surface area contributed by atoms with Crippen LogP contribution >= 0.6 is 0 Å². The Bertz CT molecular complexity index is 600. The first-order valence-electron chi connectivity index (χ1n) is 8.31. The Hall–Kier alpha value is -2.37. The molecule has 1 aliphatic carbocycles. The minimum atomic E-state index is 0.0646. The minimum Gasteiger partial charge on any atom is -0.376 e. The third-order valence-corrected chi connectivity index (χ3v) is 4.19. The fourth-order valence-corrected chi connectivity index (χ4v) is 2.95. The Morgan fingerprint density at radius 1 is 1.04 bits per heavy atom. The summed E-state index contributed by atoms with van der Waals surface area (Å²) in [6.07, 6.45) is 10.5. The topological polar surface area (TPSA) is 71.8 Å². The second-order valence-corrected chi connectivity index (χ2v) is 5.97. The van der Waals surface area contributed by atoms with Gasteiger partial charge in [-0.05, 0) is 37.1 Å². The number of anilines is 1. The Kier molecular flexibility index (Phi) is 5.24. The van der Waals surface area contributed by atoms with E-state index < -0.39 is 0 Å². The number of carbonyl (C=O) groups is 1. The van der Waals surface area contributed by atoms with Gasteiger partial charge in [0, 0.05) is 11.7 Å². The van der Waals surface area contributed by atoms with Gasteiger partial charge in [-0.25, -0.2) is 0 Å². The van der Waals surface area contributed by atoms with Gasteiger partial charge in [-0.3, -0.25) is 4.79 Å². The number of rotatable bonds is 5. The van der Waals surface area contributed by atoms with Gasteiger partial charge in [-0.15, -0.1) is 0 Å². The highest BCUT2D eigenvalue weighted by molar-refractivity contribution is 5.81. The molecule has 0 spiro atoms. The van der Waals surface area contributed by atoms with Gasteiger partial charge in [0.1, 0.15) is 0 Å². The maximum absolute atomic E-state index is 12.1. The van der Waals surface area contributed by atoms with Crippen molar-refractivity contribution < 1.29 is 4.79 Å². The number of amides is 1. The van der Waals surface area contributed by atoms with Crippen LogP contribution in [-0.2, 0) is 4.79 Å². The molecule has 122 valence electrons. The lowest BCUT2D eigenvalue weighted by atomic mass is 10.1. The Morgan fingerprint density at radius 2 is 1.70 bits per heavy atom. The van der Waals surface area contributed by atoms with Crippen molar-refractivity contribution in [3.05, 3.63) is 36.7 Å². The summed E-state index contributed by atoms with van der Waals surface area (Å²) in [5.74, 6) is 0.0646. The molecule has 6 nitrogen and oxygen atoms in total. The van der Waals surface area contributed by atoms with Gasteiger partial charge in [0.15, 0.2) is 0 Å². The largest absolute Gasteiger partial charge is 0.376 e. The van der Waals surface area contributed by atoms with E-state index in [1.807, 2.05) is 24.3 Å². The van der Waals surface area contributed by atoms with E-state index in [9.17, 15) is 4.79 Å². The van der Waals surface area contributed by atoms with Crippen molar-refractivity contribution in [2.24, 2.45) is 0 Å². The lowest BCUT2D eigenvalue weighted by Crippen LogP contribution is -2.38. The maximum atomic E-state index is 12.1. The summed E-state index contributed by atoms with van der Waals surface area (Å²) in [5.41, 5.74) is 1.81. The molecule has 2 aromatic rings. The van der Waals surface area contributed by atoms with Crippen LogP contribution in [0.1, 0.15) is 38.5 Å². The molecule has 0 bridgehead atoms. The van der Waals surface area contributed by atoms with Crippen LogP contribution in [0, 0.1) is 0 Å². The Morgan fingerprint density at radius 3 is 2.35 bits per heavy atom. The Balaban J connectivity index is 1.47. The van der Waals surface area contributed by atoms with Gasteiger partial charge < -0.3 is 10.6 Å². The van der Waals surface area contributed by atoms with Crippen LogP contribution in [0.25, 0.3) is 5.69 Å². The number of benzene rings is 1. The number of nitrogens with one attached hydrogen (secondary N) is 2. The third kappa shape index (κ3) is 4.55. The quantitative estimate of drug-likeness (QED) is 0.832. The SMILES string of the molecule is O=C(CNc1ccc(-n2nccn2)cc1)NC1CCCCCC1. The first kappa shape index (κ1) is 15.5. The third-order valence-electron chi connectivity index (χ3n) is 4.19. The molecule has 1 saturated carbocycles. The molecule has 3 rings (SSSR count). The lowest BCUT2D eigenvalue weighted by molar-refractivity contribution is -0.120. The van der Waals surface area contributed by atoms with Crippen LogP contribution in [-0.4, -0.2) is 33.5 Å². The molecule has 1 heterocycles. The maximum Gasteiger partial charge on any atom is 0.239 e. The van der Waals surface area contributed by atoms with Gasteiger partial charge in [0.05, 0.1) is 24.6 Å². The van der Waals surface area contributed by atoms with Crippen LogP contribution in [0.5, 0.6) is 0 Å². The van der Waals surface area contributed by atoms with Gasteiger partial charge in [-0.1, -0.05) is 25.7 Å². The van der Waals surface area contributed by atoms with E-state index in [-0.39, 0.29) is 5.91 Å². The molecule has 23 heavy (non-hydrogen) atoms.